The van der Waals surface area contributed by atoms with Gasteiger partial charge >= 0.3 is 0 Å². The molecule has 0 aromatic heterocycles. The molecule has 0 radical (unpaired) electrons. The van der Waals surface area contributed by atoms with Crippen molar-refractivity contribution in [1.29, 1.82) is 0 Å². The summed E-state index contributed by atoms with van der Waals surface area (Å²) in [5, 5.41) is 2.21. The van der Waals surface area contributed by atoms with E-state index in [1.54, 1.807) is 24.3 Å². The van der Waals surface area contributed by atoms with E-state index in [-0.39, 0.29) is 16.4 Å². The zero-order chi connectivity index (χ0) is 18.1. The molecule has 1 saturated heterocycles. The highest BCUT2D eigenvalue weighted by atomic mass is 32.2. The van der Waals surface area contributed by atoms with Crippen LogP contribution in [0.15, 0.2) is 29.2 Å². The van der Waals surface area contributed by atoms with Gasteiger partial charge in [-0.25, -0.2) is 16.8 Å². The van der Waals surface area contributed by atoms with Gasteiger partial charge in [-0.05, 0) is 36.1 Å². The van der Waals surface area contributed by atoms with E-state index in [9.17, 15) is 16.8 Å². The van der Waals surface area contributed by atoms with Gasteiger partial charge in [0, 0.05) is 6.04 Å². The van der Waals surface area contributed by atoms with Crippen LogP contribution in [0.4, 0.5) is 0 Å². The SMILES string of the molecule is CC(C)CN[C@H]1CS(=O)(=O)C[C@@H]1S(=O)(=O)c1ccc(C(C)C)cc1. The Morgan fingerprint density at radius 1 is 1.08 bits per heavy atom. The lowest BCUT2D eigenvalue weighted by atomic mass is 10.0. The third-order valence-electron chi connectivity index (χ3n) is 4.36. The second-order valence-corrected chi connectivity index (χ2v) is 11.6. The molecule has 1 aliphatic heterocycles. The van der Waals surface area contributed by atoms with Gasteiger partial charge in [-0.15, -0.1) is 0 Å². The van der Waals surface area contributed by atoms with E-state index in [0.717, 1.165) is 5.56 Å². The Hall–Kier alpha value is -0.920. The van der Waals surface area contributed by atoms with Gasteiger partial charge in [0.15, 0.2) is 19.7 Å². The molecule has 2 atom stereocenters. The maximum absolute atomic E-state index is 13.0. The monoisotopic (exact) mass is 373 g/mol. The molecule has 7 heteroatoms. The molecule has 0 bridgehead atoms. The first kappa shape index (κ1) is 19.4. The predicted octanol–water partition coefficient (Wildman–Crippen LogP) is 1.99. The van der Waals surface area contributed by atoms with Gasteiger partial charge in [-0.3, -0.25) is 0 Å². The summed E-state index contributed by atoms with van der Waals surface area (Å²) in [6, 6.07) is 6.24. The number of hydrogen-bond donors (Lipinski definition) is 1. The van der Waals surface area contributed by atoms with Crippen molar-refractivity contribution in [2.24, 2.45) is 5.92 Å². The number of nitrogens with one attached hydrogen (secondary N) is 1. The second-order valence-electron chi connectivity index (χ2n) is 7.29. The Balaban J connectivity index is 2.31. The number of rotatable bonds is 6. The summed E-state index contributed by atoms with van der Waals surface area (Å²) in [5.74, 6) is 0.209. The van der Waals surface area contributed by atoms with Gasteiger partial charge in [-0.1, -0.05) is 39.8 Å². The van der Waals surface area contributed by atoms with Crippen molar-refractivity contribution >= 4 is 19.7 Å². The van der Waals surface area contributed by atoms with E-state index < -0.39 is 31.0 Å². The van der Waals surface area contributed by atoms with Crippen LogP contribution in [0, 0.1) is 5.92 Å². The van der Waals surface area contributed by atoms with Crippen molar-refractivity contribution in [1.82, 2.24) is 5.32 Å². The van der Waals surface area contributed by atoms with Gasteiger partial charge in [0.2, 0.25) is 0 Å². The summed E-state index contributed by atoms with van der Waals surface area (Å²) in [6.45, 7) is 8.69. The van der Waals surface area contributed by atoms with E-state index in [1.807, 2.05) is 27.7 Å². The van der Waals surface area contributed by atoms with Crippen LogP contribution in [0.5, 0.6) is 0 Å². The topological polar surface area (TPSA) is 80.3 Å². The lowest BCUT2D eigenvalue weighted by Crippen LogP contribution is -2.44. The Morgan fingerprint density at radius 3 is 2.17 bits per heavy atom. The van der Waals surface area contributed by atoms with E-state index in [0.29, 0.717) is 18.4 Å². The highest BCUT2D eigenvalue weighted by Gasteiger charge is 2.45. The molecule has 0 unspecified atom stereocenters. The third kappa shape index (κ3) is 4.37. The summed E-state index contributed by atoms with van der Waals surface area (Å²) >= 11 is 0. The molecule has 0 aliphatic carbocycles. The summed E-state index contributed by atoms with van der Waals surface area (Å²) < 4.78 is 49.9. The minimum atomic E-state index is -3.69. The van der Waals surface area contributed by atoms with Crippen LogP contribution in [0.25, 0.3) is 0 Å². The first-order valence-corrected chi connectivity index (χ1v) is 11.7. The minimum absolute atomic E-state index is 0.117. The van der Waals surface area contributed by atoms with Crippen LogP contribution in [-0.4, -0.2) is 46.2 Å². The second kappa shape index (κ2) is 7.14. The maximum atomic E-state index is 13.0. The average molecular weight is 374 g/mol. The smallest absolute Gasteiger partial charge is 0.183 e. The van der Waals surface area contributed by atoms with Crippen LogP contribution in [0.2, 0.25) is 0 Å². The van der Waals surface area contributed by atoms with Gasteiger partial charge in [0.25, 0.3) is 0 Å². The van der Waals surface area contributed by atoms with Crippen LogP contribution in [-0.2, 0) is 19.7 Å². The van der Waals surface area contributed by atoms with Gasteiger partial charge in [0.05, 0.1) is 21.7 Å². The largest absolute Gasteiger partial charge is 0.311 e. The molecule has 1 aromatic carbocycles. The average Bonchev–Trinajstić information content (AvgIpc) is 2.81. The summed E-state index contributed by atoms with van der Waals surface area (Å²) in [4.78, 5) is 0.199. The number of hydrogen-bond acceptors (Lipinski definition) is 5. The van der Waals surface area contributed by atoms with Crippen LogP contribution in [0.1, 0.15) is 39.2 Å². The number of benzene rings is 1. The van der Waals surface area contributed by atoms with Crippen molar-refractivity contribution in [3.8, 4) is 0 Å². The Morgan fingerprint density at radius 2 is 1.67 bits per heavy atom. The van der Waals surface area contributed by atoms with E-state index in [2.05, 4.69) is 5.32 Å². The molecule has 2 rings (SSSR count). The molecule has 0 amide bonds. The Bertz CT molecular complexity index is 765. The molecule has 24 heavy (non-hydrogen) atoms. The van der Waals surface area contributed by atoms with Gasteiger partial charge in [-0.2, -0.15) is 0 Å². The third-order valence-corrected chi connectivity index (χ3v) is 8.53. The first-order chi connectivity index (χ1) is 11.0. The fourth-order valence-electron chi connectivity index (χ4n) is 2.92. The highest BCUT2D eigenvalue weighted by Crippen LogP contribution is 2.27. The van der Waals surface area contributed by atoms with E-state index >= 15 is 0 Å². The van der Waals surface area contributed by atoms with Crippen molar-refractivity contribution in [3.05, 3.63) is 29.8 Å². The van der Waals surface area contributed by atoms with E-state index in [1.165, 1.54) is 0 Å². The quantitative estimate of drug-likeness (QED) is 0.825. The first-order valence-electron chi connectivity index (χ1n) is 8.30. The summed E-state index contributed by atoms with van der Waals surface area (Å²) in [6.07, 6.45) is 0. The molecular formula is C17H27NO4S2. The highest BCUT2D eigenvalue weighted by molar-refractivity contribution is 7.96. The standard InChI is InChI=1S/C17H27NO4S2/c1-12(2)9-18-16-10-23(19,20)11-17(16)24(21,22)15-7-5-14(6-8-15)13(3)4/h5-8,12-13,16-18H,9-11H2,1-4H3/t16-,17-/m0/s1. The molecule has 5 nitrogen and oxygen atoms in total. The lowest BCUT2D eigenvalue weighted by Gasteiger charge is -2.21. The zero-order valence-electron chi connectivity index (χ0n) is 14.7. The molecule has 1 aromatic rings. The van der Waals surface area contributed by atoms with Crippen molar-refractivity contribution in [2.75, 3.05) is 18.1 Å². The molecule has 1 N–H and O–H groups in total. The molecule has 0 spiro atoms. The number of sulfone groups is 2. The molecule has 1 aliphatic rings. The van der Waals surface area contributed by atoms with Gasteiger partial charge in [0.1, 0.15) is 0 Å². The van der Waals surface area contributed by atoms with Crippen molar-refractivity contribution in [2.45, 2.75) is 49.8 Å². The van der Waals surface area contributed by atoms with Gasteiger partial charge < -0.3 is 5.32 Å². The Labute approximate surface area is 145 Å². The molecular weight excluding hydrogens is 346 g/mol. The fourth-order valence-corrected chi connectivity index (χ4v) is 7.63. The molecule has 136 valence electrons. The normalized spacial score (nSPS) is 23.9. The zero-order valence-corrected chi connectivity index (χ0v) is 16.3. The summed E-state index contributed by atoms with van der Waals surface area (Å²) in [5.41, 5.74) is 1.06. The van der Waals surface area contributed by atoms with Crippen LogP contribution >= 0.6 is 0 Å². The predicted molar refractivity (Wildman–Crippen MR) is 96.8 cm³/mol. The Kier molecular flexibility index (Phi) is 5.77. The van der Waals surface area contributed by atoms with Crippen LogP contribution < -0.4 is 5.32 Å². The summed E-state index contributed by atoms with van der Waals surface area (Å²) in [7, 11) is -7.04. The van der Waals surface area contributed by atoms with Crippen LogP contribution in [0.3, 0.4) is 0 Å². The van der Waals surface area contributed by atoms with Crippen molar-refractivity contribution in [3.63, 3.8) is 0 Å². The van der Waals surface area contributed by atoms with Crippen molar-refractivity contribution < 1.29 is 16.8 Å². The molecule has 1 heterocycles. The fraction of sp³-hybridized carbons (Fsp3) is 0.647. The minimum Gasteiger partial charge on any atom is -0.311 e. The lowest BCUT2D eigenvalue weighted by molar-refractivity contribution is 0.480. The van der Waals surface area contributed by atoms with E-state index in [4.69, 9.17) is 0 Å². The molecule has 1 fully saturated rings. The maximum Gasteiger partial charge on any atom is 0.183 e. The molecule has 0 saturated carbocycles.